The van der Waals surface area contributed by atoms with Gasteiger partial charge < -0.3 is 19.2 Å². The fourth-order valence-corrected chi connectivity index (χ4v) is 4.19. The molecule has 0 spiro atoms. The summed E-state index contributed by atoms with van der Waals surface area (Å²) in [5.74, 6) is 1.33. The number of halogens is 1. The van der Waals surface area contributed by atoms with Gasteiger partial charge >= 0.3 is 0 Å². The van der Waals surface area contributed by atoms with Crippen LogP contribution in [-0.2, 0) is 0 Å². The highest BCUT2D eigenvalue weighted by molar-refractivity contribution is 7.17. The van der Waals surface area contributed by atoms with Crippen LogP contribution in [0.5, 0.6) is 5.75 Å². The second-order valence-electron chi connectivity index (χ2n) is 7.35. The summed E-state index contributed by atoms with van der Waals surface area (Å²) in [5, 5.41) is 11.3. The summed E-state index contributed by atoms with van der Waals surface area (Å²) < 4.78 is 11.8. The maximum absolute atomic E-state index is 9.14. The van der Waals surface area contributed by atoms with Crippen molar-refractivity contribution in [1.82, 2.24) is 9.88 Å². The number of hydrogen-bond donors (Lipinski definition) is 1. The van der Waals surface area contributed by atoms with Crippen LogP contribution < -0.4 is 4.74 Å². The number of furan rings is 1. The third-order valence-corrected chi connectivity index (χ3v) is 5.87. The lowest BCUT2D eigenvalue weighted by atomic mass is 10.0. The quantitative estimate of drug-likeness (QED) is 0.264. The van der Waals surface area contributed by atoms with Crippen LogP contribution in [0.25, 0.3) is 33.6 Å². The number of aliphatic hydroxyl groups is 1. The number of hydrogen-bond acceptors (Lipinski definition) is 7. The van der Waals surface area contributed by atoms with Gasteiger partial charge in [-0.15, -0.1) is 0 Å². The molecule has 0 saturated heterocycles. The zero-order valence-corrected chi connectivity index (χ0v) is 20.0. The second kappa shape index (κ2) is 10.2. The SMILES string of the molecule is COc1ccc2oc(-c3nc(N=CN(C)C)sc3/C=N/CCO)c(-c3ccc(Cl)cc3)c2c1. The van der Waals surface area contributed by atoms with Crippen molar-refractivity contribution in [3.63, 3.8) is 0 Å². The summed E-state index contributed by atoms with van der Waals surface area (Å²) in [5.41, 5.74) is 3.16. The van der Waals surface area contributed by atoms with E-state index in [2.05, 4.69) is 9.98 Å². The minimum absolute atomic E-state index is 0.0310. The van der Waals surface area contributed by atoms with Crippen molar-refractivity contribution in [2.45, 2.75) is 0 Å². The largest absolute Gasteiger partial charge is 0.497 e. The van der Waals surface area contributed by atoms with Crippen molar-refractivity contribution in [3.05, 3.63) is 52.4 Å². The van der Waals surface area contributed by atoms with E-state index in [4.69, 9.17) is 30.8 Å². The van der Waals surface area contributed by atoms with E-state index in [1.165, 1.54) is 11.3 Å². The third-order valence-electron chi connectivity index (χ3n) is 4.72. The van der Waals surface area contributed by atoms with E-state index in [9.17, 15) is 0 Å². The van der Waals surface area contributed by atoms with Crippen LogP contribution in [0.1, 0.15) is 4.88 Å². The van der Waals surface area contributed by atoms with Gasteiger partial charge in [-0.1, -0.05) is 35.1 Å². The number of ether oxygens (including phenoxy) is 1. The van der Waals surface area contributed by atoms with E-state index in [0.717, 1.165) is 27.1 Å². The Labute approximate surface area is 200 Å². The molecule has 2 aromatic heterocycles. The molecular weight excluding hydrogens is 460 g/mol. The van der Waals surface area contributed by atoms with Crippen LogP contribution in [0, 0.1) is 0 Å². The molecule has 0 unspecified atom stereocenters. The summed E-state index contributed by atoms with van der Waals surface area (Å²) >= 11 is 7.54. The zero-order valence-electron chi connectivity index (χ0n) is 18.4. The number of thiazole rings is 1. The van der Waals surface area contributed by atoms with Crippen molar-refractivity contribution in [3.8, 4) is 28.3 Å². The van der Waals surface area contributed by atoms with Gasteiger partial charge in [-0.3, -0.25) is 4.99 Å². The Bertz CT molecular complexity index is 1310. The molecule has 9 heteroatoms. The lowest BCUT2D eigenvalue weighted by molar-refractivity contribution is 0.307. The molecule has 0 amide bonds. The number of aliphatic imine (C=N–C) groups is 2. The monoisotopic (exact) mass is 482 g/mol. The molecule has 2 aromatic carbocycles. The number of rotatable bonds is 8. The van der Waals surface area contributed by atoms with Crippen molar-refractivity contribution < 1.29 is 14.3 Å². The number of fused-ring (bicyclic) bond motifs is 1. The molecule has 4 rings (SSSR count). The van der Waals surface area contributed by atoms with E-state index in [1.807, 2.05) is 61.5 Å². The molecule has 0 fully saturated rings. The Morgan fingerprint density at radius 1 is 1.21 bits per heavy atom. The van der Waals surface area contributed by atoms with Crippen molar-refractivity contribution >= 4 is 51.6 Å². The summed E-state index contributed by atoms with van der Waals surface area (Å²) in [4.78, 5) is 16.1. The summed E-state index contributed by atoms with van der Waals surface area (Å²) in [7, 11) is 5.43. The molecule has 1 N–H and O–H groups in total. The number of benzene rings is 2. The molecule has 7 nitrogen and oxygen atoms in total. The Morgan fingerprint density at radius 2 is 2.00 bits per heavy atom. The van der Waals surface area contributed by atoms with Gasteiger partial charge in [0.2, 0.25) is 5.13 Å². The van der Waals surface area contributed by atoms with Crippen LogP contribution in [0.2, 0.25) is 5.02 Å². The molecule has 170 valence electrons. The Balaban J connectivity index is 1.96. The van der Waals surface area contributed by atoms with Gasteiger partial charge in [0.1, 0.15) is 17.0 Å². The Kier molecular flexibility index (Phi) is 7.08. The predicted molar refractivity (Wildman–Crippen MR) is 136 cm³/mol. The van der Waals surface area contributed by atoms with Crippen molar-refractivity contribution in [2.24, 2.45) is 9.98 Å². The first-order valence-corrected chi connectivity index (χ1v) is 11.4. The van der Waals surface area contributed by atoms with Gasteiger partial charge in [-0.25, -0.2) is 9.98 Å². The topological polar surface area (TPSA) is 83.5 Å². The Hall–Kier alpha value is -3.20. The highest BCUT2D eigenvalue weighted by atomic mass is 35.5. The fraction of sp³-hybridized carbons (Fsp3) is 0.208. The number of methoxy groups -OCH3 is 1. The first-order valence-electron chi connectivity index (χ1n) is 10.2. The average Bonchev–Trinajstić information content (AvgIpc) is 3.39. The van der Waals surface area contributed by atoms with Crippen LogP contribution in [0.4, 0.5) is 5.13 Å². The highest BCUT2D eigenvalue weighted by Gasteiger charge is 2.23. The van der Waals surface area contributed by atoms with Gasteiger partial charge in [0.05, 0.1) is 31.5 Å². The van der Waals surface area contributed by atoms with Crippen molar-refractivity contribution in [1.29, 1.82) is 0 Å². The van der Waals surface area contributed by atoms with E-state index in [-0.39, 0.29) is 6.61 Å². The summed E-state index contributed by atoms with van der Waals surface area (Å²) in [6.07, 6.45) is 3.40. The molecule has 0 radical (unpaired) electrons. The maximum atomic E-state index is 9.14. The van der Waals surface area contributed by atoms with Gasteiger partial charge in [-0.05, 0) is 35.9 Å². The summed E-state index contributed by atoms with van der Waals surface area (Å²) in [6, 6.07) is 13.3. The van der Waals surface area contributed by atoms with E-state index in [0.29, 0.717) is 33.7 Å². The first-order chi connectivity index (χ1) is 16.0. The molecule has 4 aromatic rings. The van der Waals surface area contributed by atoms with Gasteiger partial charge in [0, 0.05) is 36.3 Å². The van der Waals surface area contributed by atoms with Crippen LogP contribution in [0.3, 0.4) is 0 Å². The molecule has 0 atom stereocenters. The van der Waals surface area contributed by atoms with E-state index < -0.39 is 0 Å². The molecule has 0 aliphatic carbocycles. The standard InChI is InChI=1S/C24H23ClN4O3S/c1-29(2)14-27-24-28-22(20(33-24)13-26-10-11-30)23-21(15-4-6-16(25)7-5-15)18-12-17(31-3)8-9-19(18)32-23/h4-9,12-14,30H,10-11H2,1-3H3/b26-13+,27-14?. The van der Waals surface area contributed by atoms with Crippen LogP contribution >= 0.6 is 22.9 Å². The first kappa shape index (κ1) is 23.0. The molecule has 0 aliphatic rings. The number of aliphatic hydroxyl groups excluding tert-OH is 1. The second-order valence-corrected chi connectivity index (χ2v) is 8.80. The smallest absolute Gasteiger partial charge is 0.211 e. The summed E-state index contributed by atoms with van der Waals surface area (Å²) in [6.45, 7) is 0.270. The molecular formula is C24H23ClN4O3S. The van der Waals surface area contributed by atoms with Crippen LogP contribution in [-0.4, -0.2) is 61.9 Å². The average molecular weight is 483 g/mol. The molecule has 0 aliphatic heterocycles. The Morgan fingerprint density at radius 3 is 2.70 bits per heavy atom. The van der Waals surface area contributed by atoms with Crippen molar-refractivity contribution in [2.75, 3.05) is 34.4 Å². The fourth-order valence-electron chi connectivity index (χ4n) is 3.27. The molecule has 2 heterocycles. The van der Waals surface area contributed by atoms with Crippen LogP contribution in [0.15, 0.2) is 56.9 Å². The van der Waals surface area contributed by atoms with E-state index >= 15 is 0 Å². The van der Waals surface area contributed by atoms with E-state index in [1.54, 1.807) is 19.7 Å². The number of aromatic nitrogens is 1. The number of nitrogens with zero attached hydrogens (tertiary/aromatic N) is 4. The maximum Gasteiger partial charge on any atom is 0.211 e. The van der Waals surface area contributed by atoms with Gasteiger partial charge in [0.25, 0.3) is 0 Å². The minimum Gasteiger partial charge on any atom is -0.497 e. The molecule has 33 heavy (non-hydrogen) atoms. The highest BCUT2D eigenvalue weighted by Crippen LogP contribution is 2.44. The lowest BCUT2D eigenvalue weighted by Gasteiger charge is -2.04. The molecule has 0 saturated carbocycles. The zero-order chi connectivity index (χ0) is 23.4. The minimum atomic E-state index is -0.0310. The van der Waals surface area contributed by atoms with Gasteiger partial charge in [-0.2, -0.15) is 0 Å². The predicted octanol–water partition coefficient (Wildman–Crippen LogP) is 5.52. The third kappa shape index (κ3) is 5.08. The van der Waals surface area contributed by atoms with Gasteiger partial charge in [0.15, 0.2) is 5.76 Å². The molecule has 0 bridgehead atoms. The lowest BCUT2D eigenvalue weighted by Crippen LogP contribution is -2.06. The normalized spacial score (nSPS) is 11.8.